The van der Waals surface area contributed by atoms with Crippen molar-refractivity contribution in [2.75, 3.05) is 23.1 Å². The van der Waals surface area contributed by atoms with E-state index in [-0.39, 0.29) is 0 Å². The zero-order valence-electron chi connectivity index (χ0n) is 8.06. The van der Waals surface area contributed by atoms with Crippen LogP contribution in [0.1, 0.15) is 6.42 Å². The van der Waals surface area contributed by atoms with E-state index in [9.17, 15) is 0 Å². The van der Waals surface area contributed by atoms with Crippen molar-refractivity contribution >= 4 is 29.3 Å². The fourth-order valence-electron chi connectivity index (χ4n) is 1.36. The molecule has 0 saturated carbocycles. The van der Waals surface area contributed by atoms with E-state index in [1.54, 1.807) is 11.8 Å². The highest BCUT2D eigenvalue weighted by molar-refractivity contribution is 7.99. The molecule has 1 unspecified atom stereocenters. The Balaban J connectivity index is 1.95. The summed E-state index contributed by atoms with van der Waals surface area (Å²) in [4.78, 5) is 0. The van der Waals surface area contributed by atoms with Gasteiger partial charge in [-0.25, -0.2) is 0 Å². The van der Waals surface area contributed by atoms with E-state index in [0.29, 0.717) is 6.04 Å². The second-order valence-corrected chi connectivity index (χ2v) is 5.14. The number of nitrogens with zero attached hydrogens (tertiary/aromatic N) is 2. The third-order valence-corrected chi connectivity index (χ3v) is 3.93. The third kappa shape index (κ3) is 2.54. The quantitative estimate of drug-likeness (QED) is 0.801. The van der Waals surface area contributed by atoms with Gasteiger partial charge in [0.2, 0.25) is 0 Å². The molecule has 1 aromatic heterocycles. The summed E-state index contributed by atoms with van der Waals surface area (Å²) >= 11 is 3.61. The maximum absolute atomic E-state index is 4.12. The Morgan fingerprint density at radius 1 is 1.50 bits per heavy atom. The Morgan fingerprint density at radius 2 is 2.43 bits per heavy atom. The summed E-state index contributed by atoms with van der Waals surface area (Å²) in [7, 11) is 0. The summed E-state index contributed by atoms with van der Waals surface area (Å²) in [5.74, 6) is 3.34. The van der Waals surface area contributed by atoms with Gasteiger partial charge < -0.3 is 5.32 Å². The molecule has 5 heteroatoms. The van der Waals surface area contributed by atoms with E-state index in [2.05, 4.69) is 15.5 Å². The van der Waals surface area contributed by atoms with E-state index >= 15 is 0 Å². The van der Waals surface area contributed by atoms with Crippen molar-refractivity contribution in [2.24, 2.45) is 0 Å². The predicted octanol–water partition coefficient (Wildman–Crippen LogP) is 2.12. The smallest absolute Gasteiger partial charge is 0.148 e. The molecule has 1 N–H and O–H groups in total. The van der Waals surface area contributed by atoms with Gasteiger partial charge in [-0.3, -0.25) is 0 Å². The molecule has 1 atom stereocenters. The standard InChI is InChI=1S/C9H13N3S2/c1-13-9-3-2-8(11-12-9)10-7-4-5-14-6-7/h2-3,7H,4-6H2,1H3,(H,10,11). The highest BCUT2D eigenvalue weighted by Gasteiger charge is 2.15. The molecule has 2 rings (SSSR count). The van der Waals surface area contributed by atoms with Crippen molar-refractivity contribution in [3.8, 4) is 0 Å². The number of aromatic nitrogens is 2. The van der Waals surface area contributed by atoms with Crippen LogP contribution in [0, 0.1) is 0 Å². The zero-order valence-corrected chi connectivity index (χ0v) is 9.70. The first kappa shape index (κ1) is 10.1. The van der Waals surface area contributed by atoms with Crippen LogP contribution in [0.4, 0.5) is 5.82 Å². The van der Waals surface area contributed by atoms with Gasteiger partial charge in [0, 0.05) is 11.8 Å². The van der Waals surface area contributed by atoms with Crippen LogP contribution in [0.25, 0.3) is 0 Å². The largest absolute Gasteiger partial charge is 0.365 e. The van der Waals surface area contributed by atoms with E-state index in [4.69, 9.17) is 0 Å². The molecule has 1 saturated heterocycles. The Labute approximate surface area is 92.5 Å². The Kier molecular flexibility index (Phi) is 3.53. The van der Waals surface area contributed by atoms with Gasteiger partial charge in [-0.05, 0) is 30.6 Å². The summed E-state index contributed by atoms with van der Waals surface area (Å²) in [5.41, 5.74) is 0. The topological polar surface area (TPSA) is 37.8 Å². The maximum atomic E-state index is 4.12. The van der Waals surface area contributed by atoms with Crippen molar-refractivity contribution in [1.29, 1.82) is 0 Å². The minimum absolute atomic E-state index is 0.578. The number of thioether (sulfide) groups is 2. The van der Waals surface area contributed by atoms with Crippen LogP contribution in [-0.2, 0) is 0 Å². The van der Waals surface area contributed by atoms with E-state index in [1.165, 1.54) is 17.9 Å². The lowest BCUT2D eigenvalue weighted by Gasteiger charge is -2.10. The fourth-order valence-corrected chi connectivity index (χ4v) is 2.84. The summed E-state index contributed by atoms with van der Waals surface area (Å²) in [6, 6.07) is 4.58. The van der Waals surface area contributed by atoms with Crippen LogP contribution < -0.4 is 5.32 Å². The van der Waals surface area contributed by atoms with Gasteiger partial charge in [0.25, 0.3) is 0 Å². The van der Waals surface area contributed by atoms with Crippen LogP contribution in [0.3, 0.4) is 0 Å². The van der Waals surface area contributed by atoms with Gasteiger partial charge in [-0.1, -0.05) is 0 Å². The van der Waals surface area contributed by atoms with E-state index in [1.807, 2.05) is 30.2 Å². The minimum Gasteiger partial charge on any atom is -0.365 e. The average molecular weight is 227 g/mol. The van der Waals surface area contributed by atoms with E-state index in [0.717, 1.165) is 10.8 Å². The molecular formula is C9H13N3S2. The second kappa shape index (κ2) is 4.89. The van der Waals surface area contributed by atoms with Gasteiger partial charge in [-0.15, -0.1) is 22.0 Å². The molecule has 2 heterocycles. The van der Waals surface area contributed by atoms with Crippen molar-refractivity contribution in [3.05, 3.63) is 12.1 Å². The van der Waals surface area contributed by atoms with Crippen LogP contribution in [-0.4, -0.2) is 34.0 Å². The van der Waals surface area contributed by atoms with Gasteiger partial charge in [-0.2, -0.15) is 11.8 Å². The van der Waals surface area contributed by atoms with E-state index < -0.39 is 0 Å². The van der Waals surface area contributed by atoms with Crippen molar-refractivity contribution in [2.45, 2.75) is 17.5 Å². The molecule has 0 aromatic carbocycles. The number of nitrogens with one attached hydrogen (secondary N) is 1. The highest BCUT2D eigenvalue weighted by Crippen LogP contribution is 2.20. The summed E-state index contributed by atoms with van der Waals surface area (Å²) < 4.78 is 0. The number of rotatable bonds is 3. The van der Waals surface area contributed by atoms with Crippen LogP contribution in [0.5, 0.6) is 0 Å². The molecule has 3 nitrogen and oxygen atoms in total. The molecule has 0 radical (unpaired) electrons. The zero-order chi connectivity index (χ0) is 9.80. The molecular weight excluding hydrogens is 214 g/mol. The Hall–Kier alpha value is -0.420. The lowest BCUT2D eigenvalue weighted by atomic mass is 10.2. The molecule has 76 valence electrons. The minimum atomic E-state index is 0.578. The number of hydrogen-bond acceptors (Lipinski definition) is 5. The van der Waals surface area contributed by atoms with Crippen molar-refractivity contribution in [3.63, 3.8) is 0 Å². The predicted molar refractivity (Wildman–Crippen MR) is 63.2 cm³/mol. The van der Waals surface area contributed by atoms with Crippen LogP contribution in [0.2, 0.25) is 0 Å². The van der Waals surface area contributed by atoms with Crippen molar-refractivity contribution in [1.82, 2.24) is 10.2 Å². The SMILES string of the molecule is CSc1ccc(NC2CCSC2)nn1. The monoisotopic (exact) mass is 227 g/mol. The third-order valence-electron chi connectivity index (χ3n) is 2.13. The molecule has 0 amide bonds. The highest BCUT2D eigenvalue weighted by atomic mass is 32.2. The average Bonchev–Trinajstić information content (AvgIpc) is 2.72. The van der Waals surface area contributed by atoms with Crippen LogP contribution in [0.15, 0.2) is 17.2 Å². The summed E-state index contributed by atoms with van der Waals surface area (Å²) in [6.07, 6.45) is 3.24. The summed E-state index contributed by atoms with van der Waals surface area (Å²) in [6.45, 7) is 0. The molecule has 1 aliphatic rings. The molecule has 14 heavy (non-hydrogen) atoms. The number of anilines is 1. The second-order valence-electron chi connectivity index (χ2n) is 3.17. The number of hydrogen-bond donors (Lipinski definition) is 1. The maximum Gasteiger partial charge on any atom is 0.148 e. The molecule has 1 aromatic rings. The normalized spacial score (nSPS) is 21.1. The molecule has 0 spiro atoms. The molecule has 1 aliphatic heterocycles. The lowest BCUT2D eigenvalue weighted by Crippen LogP contribution is -2.19. The molecule has 1 fully saturated rings. The van der Waals surface area contributed by atoms with Gasteiger partial charge in [0.15, 0.2) is 0 Å². The van der Waals surface area contributed by atoms with Crippen LogP contribution >= 0.6 is 23.5 Å². The molecule has 0 aliphatic carbocycles. The Morgan fingerprint density at radius 3 is 3.00 bits per heavy atom. The van der Waals surface area contributed by atoms with Gasteiger partial charge in [0.05, 0.1) is 0 Å². The first-order valence-electron chi connectivity index (χ1n) is 4.60. The Bertz CT molecular complexity index is 283. The molecule has 0 bridgehead atoms. The fraction of sp³-hybridized carbons (Fsp3) is 0.556. The van der Waals surface area contributed by atoms with Crippen molar-refractivity contribution < 1.29 is 0 Å². The first-order valence-corrected chi connectivity index (χ1v) is 6.98. The first-order chi connectivity index (χ1) is 6.88. The van der Waals surface area contributed by atoms with Gasteiger partial charge >= 0.3 is 0 Å². The van der Waals surface area contributed by atoms with Gasteiger partial charge in [0.1, 0.15) is 10.8 Å². The lowest BCUT2D eigenvalue weighted by molar-refractivity contribution is 0.794. The summed E-state index contributed by atoms with van der Waals surface area (Å²) in [5, 5.41) is 12.6.